The molecule has 1 aromatic carbocycles. The van der Waals surface area contributed by atoms with Gasteiger partial charge < -0.3 is 14.4 Å². The average Bonchev–Trinajstić information content (AvgIpc) is 3.31. The van der Waals surface area contributed by atoms with Gasteiger partial charge in [-0.15, -0.1) is 0 Å². The molecule has 1 N–H and O–H groups in total. The Balaban J connectivity index is 1.80. The summed E-state index contributed by atoms with van der Waals surface area (Å²) in [6.07, 6.45) is 2.44. The molecule has 24 heavy (non-hydrogen) atoms. The first-order valence-corrected chi connectivity index (χ1v) is 8.10. The second-order valence-electron chi connectivity index (χ2n) is 6.14. The average molecular weight is 322 g/mol. The van der Waals surface area contributed by atoms with Crippen LogP contribution in [0.2, 0.25) is 0 Å². The van der Waals surface area contributed by atoms with E-state index in [0.29, 0.717) is 30.1 Å². The molecule has 0 spiro atoms. The number of likely N-dealkylation sites (tertiary alicyclic amines) is 1. The Kier molecular flexibility index (Phi) is 3.78. The molecule has 5 nitrogen and oxygen atoms in total. The van der Waals surface area contributed by atoms with Gasteiger partial charge in [0.2, 0.25) is 0 Å². The molecule has 3 aromatic rings. The predicted octanol–water partition coefficient (Wildman–Crippen LogP) is 2.95. The van der Waals surface area contributed by atoms with Crippen LogP contribution < -0.4 is 0 Å². The number of fused-ring (bicyclic) bond motifs is 1. The van der Waals surface area contributed by atoms with Gasteiger partial charge in [-0.2, -0.15) is 0 Å². The third kappa shape index (κ3) is 2.57. The maximum absolute atomic E-state index is 13.0. The van der Waals surface area contributed by atoms with Gasteiger partial charge in [0, 0.05) is 31.0 Å². The van der Waals surface area contributed by atoms with Crippen molar-refractivity contribution in [2.45, 2.75) is 6.42 Å². The van der Waals surface area contributed by atoms with Crippen molar-refractivity contribution >= 4 is 16.8 Å². The summed E-state index contributed by atoms with van der Waals surface area (Å²) in [4.78, 5) is 19.5. The molecule has 1 amide bonds. The van der Waals surface area contributed by atoms with Crippen LogP contribution >= 0.6 is 0 Å². The van der Waals surface area contributed by atoms with E-state index in [2.05, 4.69) is 4.98 Å². The molecule has 1 unspecified atom stereocenters. The standard InChI is InChI=1S/C19H18N2O3/c22-12-13-7-8-21(11-13)19(23)15-10-17(18-6-3-9-24-18)20-16-5-2-1-4-14(15)16/h1-6,9-10,13,22H,7-8,11-12H2. The quantitative estimate of drug-likeness (QED) is 0.805. The Labute approximate surface area is 139 Å². The van der Waals surface area contributed by atoms with Crippen LogP contribution in [0.3, 0.4) is 0 Å². The Morgan fingerprint density at radius 2 is 2.17 bits per heavy atom. The van der Waals surface area contributed by atoms with Gasteiger partial charge in [-0.1, -0.05) is 18.2 Å². The van der Waals surface area contributed by atoms with E-state index < -0.39 is 0 Å². The summed E-state index contributed by atoms with van der Waals surface area (Å²) in [6, 6.07) is 13.1. The van der Waals surface area contributed by atoms with Crippen molar-refractivity contribution in [2.75, 3.05) is 19.7 Å². The first-order chi connectivity index (χ1) is 11.8. The van der Waals surface area contributed by atoms with Gasteiger partial charge in [-0.25, -0.2) is 4.98 Å². The Bertz CT molecular complexity index is 873. The largest absolute Gasteiger partial charge is 0.463 e. The lowest BCUT2D eigenvalue weighted by Crippen LogP contribution is -2.29. The molecule has 1 atom stereocenters. The maximum atomic E-state index is 13.0. The summed E-state index contributed by atoms with van der Waals surface area (Å²) in [5.74, 6) is 0.799. The normalized spacial score (nSPS) is 17.5. The fourth-order valence-electron chi connectivity index (χ4n) is 3.24. The van der Waals surface area contributed by atoms with Crippen LogP contribution in [0, 0.1) is 5.92 Å². The van der Waals surface area contributed by atoms with Crippen molar-refractivity contribution in [2.24, 2.45) is 5.92 Å². The van der Waals surface area contributed by atoms with Gasteiger partial charge in [-0.05, 0) is 30.7 Å². The van der Waals surface area contributed by atoms with Crippen molar-refractivity contribution < 1.29 is 14.3 Å². The first-order valence-electron chi connectivity index (χ1n) is 8.10. The number of amides is 1. The molecule has 1 fully saturated rings. The van der Waals surface area contributed by atoms with Crippen molar-refractivity contribution in [1.29, 1.82) is 0 Å². The van der Waals surface area contributed by atoms with E-state index in [1.807, 2.05) is 35.2 Å². The molecular formula is C19H18N2O3. The smallest absolute Gasteiger partial charge is 0.254 e. The summed E-state index contributed by atoms with van der Waals surface area (Å²) in [6.45, 7) is 1.40. The van der Waals surface area contributed by atoms with Crippen LogP contribution in [0.25, 0.3) is 22.4 Å². The molecule has 0 bridgehead atoms. The van der Waals surface area contributed by atoms with Crippen LogP contribution in [0.15, 0.2) is 53.1 Å². The van der Waals surface area contributed by atoms with Crippen LogP contribution in [-0.2, 0) is 0 Å². The maximum Gasteiger partial charge on any atom is 0.254 e. The molecule has 1 aliphatic rings. The number of para-hydroxylation sites is 1. The number of furan rings is 1. The van der Waals surface area contributed by atoms with Gasteiger partial charge in [0.1, 0.15) is 5.69 Å². The monoisotopic (exact) mass is 322 g/mol. The van der Waals surface area contributed by atoms with E-state index in [1.54, 1.807) is 18.4 Å². The third-order valence-corrected chi connectivity index (χ3v) is 4.55. The minimum absolute atomic E-state index is 0.0163. The molecule has 3 heterocycles. The molecule has 0 radical (unpaired) electrons. The second kappa shape index (κ2) is 6.09. The van der Waals surface area contributed by atoms with E-state index >= 15 is 0 Å². The number of aliphatic hydroxyl groups excluding tert-OH is 1. The lowest BCUT2D eigenvalue weighted by Gasteiger charge is -2.18. The summed E-state index contributed by atoms with van der Waals surface area (Å²) in [5, 5.41) is 10.2. The molecule has 122 valence electrons. The van der Waals surface area contributed by atoms with Gasteiger partial charge in [-0.3, -0.25) is 4.79 Å². The zero-order valence-corrected chi connectivity index (χ0v) is 13.2. The highest BCUT2D eigenvalue weighted by molar-refractivity contribution is 6.07. The highest BCUT2D eigenvalue weighted by Crippen LogP contribution is 2.27. The fraction of sp³-hybridized carbons (Fsp3) is 0.263. The number of aliphatic hydroxyl groups is 1. The zero-order chi connectivity index (χ0) is 16.5. The van der Waals surface area contributed by atoms with E-state index in [-0.39, 0.29) is 18.4 Å². The highest BCUT2D eigenvalue weighted by atomic mass is 16.3. The molecule has 1 aliphatic heterocycles. The Hall–Kier alpha value is -2.66. The van der Waals surface area contributed by atoms with Crippen LogP contribution in [0.5, 0.6) is 0 Å². The molecule has 5 heteroatoms. The predicted molar refractivity (Wildman–Crippen MR) is 90.5 cm³/mol. The van der Waals surface area contributed by atoms with E-state index in [4.69, 9.17) is 4.42 Å². The van der Waals surface area contributed by atoms with Crippen molar-refractivity contribution in [3.05, 3.63) is 54.3 Å². The fourth-order valence-corrected chi connectivity index (χ4v) is 3.24. The van der Waals surface area contributed by atoms with Gasteiger partial charge >= 0.3 is 0 Å². The third-order valence-electron chi connectivity index (χ3n) is 4.55. The number of carbonyl (C=O) groups is 1. The number of benzene rings is 1. The minimum atomic E-state index is -0.0163. The number of carbonyl (C=O) groups excluding carboxylic acids is 1. The number of nitrogens with zero attached hydrogens (tertiary/aromatic N) is 2. The molecule has 1 saturated heterocycles. The van der Waals surface area contributed by atoms with Crippen molar-refractivity contribution in [3.63, 3.8) is 0 Å². The number of aromatic nitrogens is 1. The van der Waals surface area contributed by atoms with Gasteiger partial charge in [0.15, 0.2) is 5.76 Å². The van der Waals surface area contributed by atoms with Gasteiger partial charge in [0.05, 0.1) is 17.3 Å². The summed E-state index contributed by atoms with van der Waals surface area (Å²) in [5.41, 5.74) is 2.05. The lowest BCUT2D eigenvalue weighted by atomic mass is 10.1. The van der Waals surface area contributed by atoms with E-state index in [0.717, 1.165) is 17.3 Å². The second-order valence-corrected chi connectivity index (χ2v) is 6.14. The molecule has 4 rings (SSSR count). The Morgan fingerprint density at radius 3 is 2.92 bits per heavy atom. The number of hydrogen-bond acceptors (Lipinski definition) is 4. The van der Waals surface area contributed by atoms with Crippen LogP contribution in [0.4, 0.5) is 0 Å². The zero-order valence-electron chi connectivity index (χ0n) is 13.2. The molecule has 0 aliphatic carbocycles. The number of rotatable bonds is 3. The highest BCUT2D eigenvalue weighted by Gasteiger charge is 2.28. The van der Waals surface area contributed by atoms with E-state index in [9.17, 15) is 9.90 Å². The minimum Gasteiger partial charge on any atom is -0.463 e. The lowest BCUT2D eigenvalue weighted by molar-refractivity contribution is 0.0784. The van der Waals surface area contributed by atoms with Gasteiger partial charge in [0.25, 0.3) is 5.91 Å². The number of hydrogen-bond donors (Lipinski definition) is 1. The molecular weight excluding hydrogens is 304 g/mol. The Morgan fingerprint density at radius 1 is 1.29 bits per heavy atom. The molecule has 2 aromatic heterocycles. The molecule has 0 saturated carbocycles. The summed E-state index contributed by atoms with van der Waals surface area (Å²) < 4.78 is 5.44. The van der Waals surface area contributed by atoms with Crippen LogP contribution in [-0.4, -0.2) is 40.6 Å². The van der Waals surface area contributed by atoms with E-state index in [1.165, 1.54) is 0 Å². The number of pyridine rings is 1. The van der Waals surface area contributed by atoms with Crippen molar-refractivity contribution in [3.8, 4) is 11.5 Å². The van der Waals surface area contributed by atoms with Crippen LogP contribution in [0.1, 0.15) is 16.8 Å². The SMILES string of the molecule is O=C(c1cc(-c2ccco2)nc2ccccc12)N1CCC(CO)C1. The van der Waals surface area contributed by atoms with Crippen molar-refractivity contribution in [1.82, 2.24) is 9.88 Å². The summed E-state index contributed by atoms with van der Waals surface area (Å²) >= 11 is 0. The topological polar surface area (TPSA) is 66.6 Å². The summed E-state index contributed by atoms with van der Waals surface area (Å²) in [7, 11) is 0. The first kappa shape index (κ1) is 14.9.